The fourth-order valence-corrected chi connectivity index (χ4v) is 1.30. The van der Waals surface area contributed by atoms with Crippen LogP contribution in [0.25, 0.3) is 6.08 Å². The van der Waals surface area contributed by atoms with E-state index in [1.165, 1.54) is 27.4 Å². The van der Waals surface area contributed by atoms with Crippen molar-refractivity contribution in [2.75, 3.05) is 26.1 Å². The summed E-state index contributed by atoms with van der Waals surface area (Å²) in [5.41, 5.74) is 0.506. The number of methoxy groups -OCH3 is 2. The zero-order chi connectivity index (χ0) is 14.3. The highest BCUT2D eigenvalue weighted by atomic mass is 16.5. The third kappa shape index (κ3) is 4.13. The number of hydrogen-bond donors (Lipinski definition) is 1. The van der Waals surface area contributed by atoms with Crippen molar-refractivity contribution >= 4 is 17.8 Å². The topological polar surface area (TPSA) is 82.6 Å². The van der Waals surface area contributed by atoms with Crippen LogP contribution in [0.15, 0.2) is 6.26 Å². The highest BCUT2D eigenvalue weighted by Gasteiger charge is 2.14. The third-order valence-electron chi connectivity index (χ3n) is 2.06. The van der Waals surface area contributed by atoms with Gasteiger partial charge in [0.25, 0.3) is 0 Å². The summed E-state index contributed by atoms with van der Waals surface area (Å²) in [6.45, 7) is 3.78. The molecule has 7 heteroatoms. The second-order valence-electron chi connectivity index (χ2n) is 3.42. The average Bonchev–Trinajstić information content (AvgIpc) is 2.39. The number of amides is 1. The minimum absolute atomic E-state index is 0.106. The molecular weight excluding hydrogens is 250 g/mol. The molecule has 1 rings (SSSR count). The molecule has 0 unspecified atom stereocenters. The molecule has 0 fully saturated rings. The maximum atomic E-state index is 11.2. The van der Waals surface area contributed by atoms with Gasteiger partial charge in [0.05, 0.1) is 32.7 Å². The zero-order valence-electron chi connectivity index (χ0n) is 11.4. The molecule has 0 aliphatic carbocycles. The Bertz CT molecular complexity index is 474. The van der Waals surface area contributed by atoms with E-state index >= 15 is 0 Å². The Morgan fingerprint density at radius 3 is 2.58 bits per heavy atom. The number of ether oxygens (including phenoxy) is 3. The molecule has 1 aromatic heterocycles. The van der Waals surface area contributed by atoms with Gasteiger partial charge in [-0.25, -0.2) is 0 Å². The number of rotatable bonds is 6. The van der Waals surface area contributed by atoms with Crippen LogP contribution < -0.4 is 14.8 Å². The van der Waals surface area contributed by atoms with Gasteiger partial charge in [0, 0.05) is 6.92 Å². The highest BCUT2D eigenvalue weighted by molar-refractivity contribution is 5.90. The molecule has 1 N–H and O–H groups in total. The van der Waals surface area contributed by atoms with Crippen molar-refractivity contribution in [1.82, 2.24) is 9.97 Å². The first-order valence-corrected chi connectivity index (χ1v) is 5.68. The van der Waals surface area contributed by atoms with E-state index in [2.05, 4.69) is 15.3 Å². The van der Waals surface area contributed by atoms with Gasteiger partial charge in [-0.05, 0) is 13.0 Å². The van der Waals surface area contributed by atoms with Gasteiger partial charge in [-0.15, -0.1) is 0 Å². The molecule has 0 saturated heterocycles. The summed E-state index contributed by atoms with van der Waals surface area (Å²) in [7, 11) is 2.90. The number of nitrogens with zero attached hydrogens (tertiary/aromatic N) is 2. The summed E-state index contributed by atoms with van der Waals surface area (Å²) in [5.74, 6) is 0.326. The van der Waals surface area contributed by atoms with Crippen LogP contribution in [-0.4, -0.2) is 36.7 Å². The Balaban J connectivity index is 3.24. The Hall–Kier alpha value is -2.31. The first-order chi connectivity index (χ1) is 9.12. The van der Waals surface area contributed by atoms with E-state index in [-0.39, 0.29) is 17.8 Å². The first kappa shape index (κ1) is 14.7. The molecule has 19 heavy (non-hydrogen) atoms. The van der Waals surface area contributed by atoms with Crippen LogP contribution in [0.5, 0.6) is 11.9 Å². The largest absolute Gasteiger partial charge is 0.501 e. The molecule has 0 bridgehead atoms. The zero-order valence-corrected chi connectivity index (χ0v) is 11.4. The van der Waals surface area contributed by atoms with Crippen molar-refractivity contribution in [1.29, 1.82) is 0 Å². The molecule has 104 valence electrons. The number of anilines is 1. The van der Waals surface area contributed by atoms with Crippen LogP contribution >= 0.6 is 0 Å². The second kappa shape index (κ2) is 7.20. The summed E-state index contributed by atoms with van der Waals surface area (Å²) >= 11 is 0. The molecule has 7 nitrogen and oxygen atoms in total. The fraction of sp³-hybridized carbons (Fsp3) is 0.417. The molecule has 0 aliphatic heterocycles. The fourth-order valence-electron chi connectivity index (χ4n) is 1.30. The number of hydrogen-bond acceptors (Lipinski definition) is 6. The number of carbonyl (C=O) groups is 1. The summed E-state index contributed by atoms with van der Waals surface area (Å²) in [6, 6.07) is 0.106. The van der Waals surface area contributed by atoms with E-state index < -0.39 is 0 Å². The molecular formula is C12H17N3O4. The van der Waals surface area contributed by atoms with E-state index in [4.69, 9.17) is 14.2 Å². The molecule has 1 amide bonds. The smallest absolute Gasteiger partial charge is 0.321 e. The molecule has 1 aromatic rings. The molecule has 0 radical (unpaired) electrons. The van der Waals surface area contributed by atoms with Crippen LogP contribution in [-0.2, 0) is 9.53 Å². The lowest BCUT2D eigenvalue weighted by molar-refractivity contribution is -0.114. The predicted molar refractivity (Wildman–Crippen MR) is 70.1 cm³/mol. The standard InChI is InChI=1S/C12H17N3O4/c1-5-19-7-6-9-10(13-8(2)16)14-12(18-4)15-11(9)17-3/h6-7H,5H2,1-4H3,(H,13,14,15,16)/b7-6-. The number of nitrogens with one attached hydrogen (secondary N) is 1. The lowest BCUT2D eigenvalue weighted by Crippen LogP contribution is -2.11. The maximum absolute atomic E-state index is 11.2. The number of carbonyl (C=O) groups excluding carboxylic acids is 1. The van der Waals surface area contributed by atoms with Crippen molar-refractivity contribution in [2.45, 2.75) is 13.8 Å². The Morgan fingerprint density at radius 2 is 2.05 bits per heavy atom. The van der Waals surface area contributed by atoms with E-state index in [1.54, 1.807) is 6.08 Å². The van der Waals surface area contributed by atoms with Gasteiger partial charge in [0.1, 0.15) is 0 Å². The van der Waals surface area contributed by atoms with Gasteiger partial charge < -0.3 is 19.5 Å². The minimum Gasteiger partial charge on any atom is -0.501 e. The summed E-state index contributed by atoms with van der Waals surface area (Å²) in [6.07, 6.45) is 3.10. The Labute approximate surface area is 111 Å². The van der Waals surface area contributed by atoms with E-state index in [0.717, 1.165) is 0 Å². The summed E-state index contributed by atoms with van der Waals surface area (Å²) < 4.78 is 15.2. The first-order valence-electron chi connectivity index (χ1n) is 5.68. The highest BCUT2D eigenvalue weighted by Crippen LogP contribution is 2.27. The van der Waals surface area contributed by atoms with Crippen LogP contribution in [0, 0.1) is 0 Å². The van der Waals surface area contributed by atoms with Gasteiger partial charge >= 0.3 is 6.01 Å². The second-order valence-corrected chi connectivity index (χ2v) is 3.42. The molecule has 0 atom stereocenters. The molecule has 0 aromatic carbocycles. The van der Waals surface area contributed by atoms with Crippen LogP contribution in [0.1, 0.15) is 19.4 Å². The average molecular weight is 267 g/mol. The molecule has 1 heterocycles. The SMILES string of the molecule is CCO/C=C\c1c(NC(C)=O)nc(OC)nc1OC. The van der Waals surface area contributed by atoms with Gasteiger partial charge in [-0.1, -0.05) is 0 Å². The predicted octanol–water partition coefficient (Wildman–Crippen LogP) is 1.46. The molecule has 0 saturated carbocycles. The van der Waals surface area contributed by atoms with Crippen LogP contribution in [0.4, 0.5) is 5.82 Å². The van der Waals surface area contributed by atoms with Crippen molar-refractivity contribution in [3.8, 4) is 11.9 Å². The van der Waals surface area contributed by atoms with Crippen molar-refractivity contribution < 1.29 is 19.0 Å². The minimum atomic E-state index is -0.256. The Kier molecular flexibility index (Phi) is 5.59. The van der Waals surface area contributed by atoms with Crippen molar-refractivity contribution in [3.63, 3.8) is 0 Å². The monoisotopic (exact) mass is 267 g/mol. The Morgan fingerprint density at radius 1 is 1.32 bits per heavy atom. The third-order valence-corrected chi connectivity index (χ3v) is 2.06. The summed E-state index contributed by atoms with van der Waals surface area (Å²) in [5, 5.41) is 2.59. The van der Waals surface area contributed by atoms with Gasteiger partial charge in [0.15, 0.2) is 5.82 Å². The van der Waals surface area contributed by atoms with E-state index in [1.807, 2.05) is 6.92 Å². The normalized spacial score (nSPS) is 10.3. The van der Waals surface area contributed by atoms with Crippen molar-refractivity contribution in [3.05, 3.63) is 11.8 Å². The van der Waals surface area contributed by atoms with E-state index in [9.17, 15) is 4.79 Å². The molecule has 0 spiro atoms. The summed E-state index contributed by atoms with van der Waals surface area (Å²) in [4.78, 5) is 19.3. The maximum Gasteiger partial charge on any atom is 0.321 e. The quantitative estimate of drug-likeness (QED) is 0.786. The lowest BCUT2D eigenvalue weighted by Gasteiger charge is -2.11. The van der Waals surface area contributed by atoms with Gasteiger partial charge in [0.2, 0.25) is 11.8 Å². The van der Waals surface area contributed by atoms with Crippen LogP contribution in [0.3, 0.4) is 0 Å². The number of aromatic nitrogens is 2. The lowest BCUT2D eigenvalue weighted by atomic mass is 10.3. The van der Waals surface area contributed by atoms with Gasteiger partial charge in [-0.2, -0.15) is 9.97 Å². The van der Waals surface area contributed by atoms with Gasteiger partial charge in [-0.3, -0.25) is 4.79 Å². The molecule has 0 aliphatic rings. The van der Waals surface area contributed by atoms with Crippen molar-refractivity contribution in [2.24, 2.45) is 0 Å². The van der Waals surface area contributed by atoms with Crippen LogP contribution in [0.2, 0.25) is 0 Å². The van der Waals surface area contributed by atoms with E-state index in [0.29, 0.717) is 18.0 Å².